The second kappa shape index (κ2) is 6.20. The van der Waals surface area contributed by atoms with Gasteiger partial charge in [-0.1, -0.05) is 16.8 Å². The molecule has 8 nitrogen and oxygen atoms in total. The van der Waals surface area contributed by atoms with E-state index in [-0.39, 0.29) is 17.3 Å². The minimum Gasteiger partial charge on any atom is -0.303 e. The van der Waals surface area contributed by atoms with Gasteiger partial charge in [-0.25, -0.2) is 9.07 Å². The van der Waals surface area contributed by atoms with Crippen molar-refractivity contribution < 1.29 is 9.31 Å². The van der Waals surface area contributed by atoms with E-state index in [1.54, 1.807) is 0 Å². The summed E-state index contributed by atoms with van der Waals surface area (Å²) < 4.78 is 15.7. The Morgan fingerprint density at radius 3 is 2.75 bits per heavy atom. The average Bonchev–Trinajstić information content (AvgIpc) is 3.00. The van der Waals surface area contributed by atoms with Crippen molar-refractivity contribution in [2.75, 3.05) is 0 Å². The SMILES string of the molecule is O=c1ccc([N+](=O)[O-])cn1Cc1cn(-c2ccc(F)c(Cl)c2)nn1. The van der Waals surface area contributed by atoms with Gasteiger partial charge in [0.15, 0.2) is 0 Å². The number of nitro groups is 1. The molecule has 0 N–H and O–H groups in total. The molecule has 0 atom stereocenters. The molecule has 0 unspecified atom stereocenters. The van der Waals surface area contributed by atoms with E-state index in [4.69, 9.17) is 11.6 Å². The Morgan fingerprint density at radius 2 is 2.04 bits per heavy atom. The molecule has 0 aliphatic heterocycles. The molecular weight excluding hydrogens is 341 g/mol. The zero-order valence-electron chi connectivity index (χ0n) is 12.0. The first-order valence-corrected chi connectivity index (χ1v) is 7.03. The van der Waals surface area contributed by atoms with Gasteiger partial charge in [0.05, 0.1) is 34.6 Å². The maximum atomic E-state index is 13.2. The Morgan fingerprint density at radius 1 is 1.25 bits per heavy atom. The fourth-order valence-corrected chi connectivity index (χ4v) is 2.22. The minimum atomic E-state index is -0.590. The van der Waals surface area contributed by atoms with Gasteiger partial charge in [-0.3, -0.25) is 14.9 Å². The van der Waals surface area contributed by atoms with E-state index < -0.39 is 16.3 Å². The van der Waals surface area contributed by atoms with Crippen LogP contribution in [0, 0.1) is 15.9 Å². The van der Waals surface area contributed by atoms with Crippen LogP contribution in [-0.4, -0.2) is 24.5 Å². The molecule has 0 aliphatic carbocycles. The summed E-state index contributed by atoms with van der Waals surface area (Å²) >= 11 is 5.72. The van der Waals surface area contributed by atoms with Gasteiger partial charge < -0.3 is 4.57 Å². The highest BCUT2D eigenvalue weighted by Crippen LogP contribution is 2.18. The van der Waals surface area contributed by atoms with Crippen LogP contribution in [0.25, 0.3) is 5.69 Å². The summed E-state index contributed by atoms with van der Waals surface area (Å²) in [6.45, 7) is 0.00937. The van der Waals surface area contributed by atoms with Crippen molar-refractivity contribution >= 4 is 17.3 Å². The minimum absolute atomic E-state index is 0.00937. The Bertz CT molecular complexity index is 985. The zero-order valence-corrected chi connectivity index (χ0v) is 12.7. The van der Waals surface area contributed by atoms with Crippen LogP contribution < -0.4 is 5.56 Å². The second-order valence-electron chi connectivity index (χ2n) is 4.86. The maximum absolute atomic E-state index is 13.2. The summed E-state index contributed by atoms with van der Waals surface area (Å²) in [4.78, 5) is 22.0. The van der Waals surface area contributed by atoms with Gasteiger partial charge in [-0.2, -0.15) is 0 Å². The van der Waals surface area contributed by atoms with E-state index in [1.807, 2.05) is 0 Å². The number of rotatable bonds is 4. The molecule has 1 aromatic carbocycles. The summed E-state index contributed by atoms with van der Waals surface area (Å²) in [6.07, 6.45) is 2.66. The predicted molar refractivity (Wildman–Crippen MR) is 82.8 cm³/mol. The lowest BCUT2D eigenvalue weighted by Crippen LogP contribution is -2.19. The third-order valence-corrected chi connectivity index (χ3v) is 3.51. The molecule has 0 saturated carbocycles. The summed E-state index contributed by atoms with van der Waals surface area (Å²) in [7, 11) is 0. The first-order chi connectivity index (χ1) is 11.4. The molecule has 2 heterocycles. The Balaban J connectivity index is 1.89. The summed E-state index contributed by atoms with van der Waals surface area (Å²) in [5, 5.41) is 18.5. The lowest BCUT2D eigenvalue weighted by molar-refractivity contribution is -0.385. The standard InChI is InChI=1S/C14H9ClFN5O3/c15-12-5-10(1-3-13(12)16)20-7-9(17-18-20)6-19-8-11(21(23)24)2-4-14(19)22/h1-5,7-8H,6H2. The van der Waals surface area contributed by atoms with Crippen molar-refractivity contribution in [1.82, 2.24) is 19.6 Å². The number of benzene rings is 1. The quantitative estimate of drug-likeness (QED) is 0.531. The Hall–Kier alpha value is -3.07. The van der Waals surface area contributed by atoms with Crippen molar-refractivity contribution in [1.29, 1.82) is 0 Å². The van der Waals surface area contributed by atoms with Crippen LogP contribution >= 0.6 is 11.6 Å². The summed E-state index contributed by atoms with van der Waals surface area (Å²) in [5.41, 5.74) is 0.289. The third-order valence-electron chi connectivity index (χ3n) is 3.22. The van der Waals surface area contributed by atoms with Crippen molar-refractivity contribution in [3.8, 4) is 5.69 Å². The first-order valence-electron chi connectivity index (χ1n) is 6.65. The van der Waals surface area contributed by atoms with Crippen LogP contribution in [-0.2, 0) is 6.54 Å². The second-order valence-corrected chi connectivity index (χ2v) is 5.27. The average molecular weight is 350 g/mol. The fraction of sp³-hybridized carbons (Fsp3) is 0.0714. The first kappa shape index (κ1) is 15.8. The van der Waals surface area contributed by atoms with E-state index in [9.17, 15) is 19.3 Å². The Kier molecular flexibility index (Phi) is 4.09. The van der Waals surface area contributed by atoms with Gasteiger partial charge in [0.1, 0.15) is 11.5 Å². The van der Waals surface area contributed by atoms with Gasteiger partial charge in [0.2, 0.25) is 0 Å². The van der Waals surface area contributed by atoms with Crippen molar-refractivity contribution in [3.05, 3.63) is 79.7 Å². The highest BCUT2D eigenvalue weighted by Gasteiger charge is 2.11. The third kappa shape index (κ3) is 3.15. The van der Waals surface area contributed by atoms with E-state index in [0.29, 0.717) is 11.4 Å². The van der Waals surface area contributed by atoms with Crippen molar-refractivity contribution in [2.45, 2.75) is 6.54 Å². The topological polar surface area (TPSA) is 95.8 Å². The molecule has 0 amide bonds. The van der Waals surface area contributed by atoms with Crippen LogP contribution in [0.4, 0.5) is 10.1 Å². The molecular formula is C14H9ClFN5O3. The zero-order chi connectivity index (χ0) is 17.3. The van der Waals surface area contributed by atoms with Gasteiger partial charge >= 0.3 is 0 Å². The molecule has 0 bridgehead atoms. The molecule has 0 saturated heterocycles. The molecule has 0 spiro atoms. The fourth-order valence-electron chi connectivity index (χ4n) is 2.05. The molecule has 0 radical (unpaired) electrons. The van der Waals surface area contributed by atoms with Crippen LogP contribution in [0.3, 0.4) is 0 Å². The monoisotopic (exact) mass is 349 g/mol. The van der Waals surface area contributed by atoms with Gasteiger partial charge in [0.25, 0.3) is 11.2 Å². The highest BCUT2D eigenvalue weighted by molar-refractivity contribution is 6.30. The highest BCUT2D eigenvalue weighted by atomic mass is 35.5. The van der Waals surface area contributed by atoms with E-state index in [2.05, 4.69) is 10.3 Å². The van der Waals surface area contributed by atoms with Crippen molar-refractivity contribution in [2.24, 2.45) is 0 Å². The van der Waals surface area contributed by atoms with E-state index in [0.717, 1.165) is 22.9 Å². The number of aromatic nitrogens is 4. The molecule has 0 aliphatic rings. The number of hydrogen-bond donors (Lipinski definition) is 0. The number of halogens is 2. The lowest BCUT2D eigenvalue weighted by atomic mass is 10.3. The molecule has 3 rings (SSSR count). The molecule has 2 aromatic heterocycles. The normalized spacial score (nSPS) is 10.8. The molecule has 122 valence electrons. The van der Waals surface area contributed by atoms with Gasteiger partial charge in [-0.05, 0) is 18.2 Å². The van der Waals surface area contributed by atoms with Crippen LogP contribution in [0.15, 0.2) is 47.5 Å². The molecule has 0 fully saturated rings. The van der Waals surface area contributed by atoms with E-state index >= 15 is 0 Å². The van der Waals surface area contributed by atoms with Crippen molar-refractivity contribution in [3.63, 3.8) is 0 Å². The molecule has 3 aromatic rings. The smallest absolute Gasteiger partial charge is 0.285 e. The number of nitrogens with zero attached hydrogens (tertiary/aromatic N) is 5. The van der Waals surface area contributed by atoms with Crippen LogP contribution in [0.5, 0.6) is 0 Å². The Labute approximate surface area is 138 Å². The number of pyridine rings is 1. The molecule has 24 heavy (non-hydrogen) atoms. The van der Waals surface area contributed by atoms with Crippen LogP contribution in [0.2, 0.25) is 5.02 Å². The largest absolute Gasteiger partial charge is 0.303 e. The van der Waals surface area contributed by atoms with Gasteiger partial charge in [0, 0.05) is 12.1 Å². The van der Waals surface area contributed by atoms with Gasteiger partial charge in [-0.15, -0.1) is 5.10 Å². The predicted octanol–water partition coefficient (Wildman–Crippen LogP) is 2.18. The number of hydrogen-bond acceptors (Lipinski definition) is 5. The lowest BCUT2D eigenvalue weighted by Gasteiger charge is -2.02. The maximum Gasteiger partial charge on any atom is 0.285 e. The van der Waals surface area contributed by atoms with Crippen LogP contribution in [0.1, 0.15) is 5.69 Å². The summed E-state index contributed by atoms with van der Waals surface area (Å²) in [5.74, 6) is -0.552. The van der Waals surface area contributed by atoms with E-state index in [1.165, 1.54) is 29.1 Å². The molecule has 10 heteroatoms. The summed E-state index contributed by atoms with van der Waals surface area (Å²) in [6, 6.07) is 6.30.